The lowest BCUT2D eigenvalue weighted by Crippen LogP contribution is -2.39. The van der Waals surface area contributed by atoms with Crippen LogP contribution >= 0.6 is 6.89 Å². The second kappa shape index (κ2) is 8.18. The molecule has 0 aliphatic heterocycles. The highest BCUT2D eigenvalue weighted by molar-refractivity contribution is 7.97. The van der Waals surface area contributed by atoms with Crippen LogP contribution in [0, 0.1) is 11.3 Å². The summed E-state index contributed by atoms with van der Waals surface area (Å²) in [6.07, 6.45) is 0. The molecule has 0 heterocycles. The Morgan fingerprint density at radius 3 is 1.41 bits per heavy atom. The fraction of sp³-hybridized carbons (Fsp3) is 0.0870. The van der Waals surface area contributed by atoms with Crippen molar-refractivity contribution in [2.24, 2.45) is 5.73 Å². The number of carbonyl (C=O) groups excluding carboxylic acids is 1. The fourth-order valence-corrected chi connectivity index (χ4v) is 7.51. The van der Waals surface area contributed by atoms with Gasteiger partial charge in [-0.1, -0.05) is 91.0 Å². The van der Waals surface area contributed by atoms with Crippen LogP contribution in [0.15, 0.2) is 91.0 Å². The highest BCUT2D eigenvalue weighted by Gasteiger charge is 2.34. The van der Waals surface area contributed by atoms with E-state index in [1.165, 1.54) is 0 Å². The van der Waals surface area contributed by atoms with Gasteiger partial charge < -0.3 is 5.73 Å². The molecule has 0 aliphatic carbocycles. The lowest BCUT2D eigenvalue weighted by Gasteiger charge is -2.30. The number of nitrogens with two attached hydrogens (primary N) is 1. The molecule has 0 saturated carbocycles. The number of nitriles is 1. The number of ketones is 1. The maximum atomic E-state index is 13.1. The molecular formula is C23H21N2OP. The van der Waals surface area contributed by atoms with E-state index >= 15 is 0 Å². The predicted octanol–water partition coefficient (Wildman–Crippen LogP) is 2.59. The van der Waals surface area contributed by atoms with E-state index in [1.807, 2.05) is 91.0 Å². The van der Waals surface area contributed by atoms with Crippen LogP contribution in [-0.4, -0.2) is 17.1 Å². The number of hydrogen-bond acceptors (Lipinski definition) is 3. The second-order valence-electron chi connectivity index (χ2n) is 6.29. The summed E-state index contributed by atoms with van der Waals surface area (Å²) in [6.45, 7) is -1.01. The van der Waals surface area contributed by atoms with Crippen LogP contribution < -0.4 is 21.6 Å². The number of Topliss-reactive ketones (excluding diaryl/α,β-unsaturated/α-hetero) is 1. The summed E-state index contributed by atoms with van der Waals surface area (Å²) in [6, 6.07) is 31.0. The predicted molar refractivity (Wildman–Crippen MR) is 114 cm³/mol. The summed E-state index contributed by atoms with van der Waals surface area (Å²) in [5, 5.41) is 13.3. The van der Waals surface area contributed by atoms with Gasteiger partial charge in [0.2, 0.25) is 0 Å². The zero-order chi connectivity index (χ0) is 19.3. The van der Waals surface area contributed by atoms with Gasteiger partial charge in [-0.2, -0.15) is 5.26 Å². The summed E-state index contributed by atoms with van der Waals surface area (Å²) < 4.78 is 0. The van der Waals surface area contributed by atoms with Crippen LogP contribution in [0.25, 0.3) is 0 Å². The van der Waals surface area contributed by atoms with Crippen LogP contribution in [0.2, 0.25) is 0 Å². The third kappa shape index (κ3) is 3.38. The summed E-state index contributed by atoms with van der Waals surface area (Å²) in [7, 11) is 0. The normalized spacial score (nSPS) is 12.0. The Labute approximate surface area is 160 Å². The SMILES string of the molecule is C[C@H](N)C(=O)C(C#N)=P(c1ccccc1)(c1ccccc1)c1ccccc1. The van der Waals surface area contributed by atoms with E-state index in [0.717, 1.165) is 15.9 Å². The van der Waals surface area contributed by atoms with Crippen LogP contribution in [0.1, 0.15) is 6.92 Å². The summed E-state index contributed by atoms with van der Waals surface area (Å²) >= 11 is 0. The van der Waals surface area contributed by atoms with Gasteiger partial charge >= 0.3 is 0 Å². The molecule has 1 atom stereocenters. The van der Waals surface area contributed by atoms with Gasteiger partial charge in [-0.25, -0.2) is 0 Å². The summed E-state index contributed by atoms with van der Waals surface area (Å²) in [5.74, 6) is -0.303. The Morgan fingerprint density at radius 2 is 1.15 bits per heavy atom. The Hall–Kier alpha value is -2.92. The molecular weight excluding hydrogens is 351 g/mol. The molecule has 27 heavy (non-hydrogen) atoms. The molecule has 3 nitrogen and oxygen atoms in total. The first-order valence-electron chi connectivity index (χ1n) is 8.75. The van der Waals surface area contributed by atoms with Crippen molar-refractivity contribution in [3.63, 3.8) is 0 Å². The van der Waals surface area contributed by atoms with Gasteiger partial charge in [0.15, 0.2) is 5.78 Å². The second-order valence-corrected chi connectivity index (χ2v) is 9.63. The molecule has 3 aromatic carbocycles. The van der Waals surface area contributed by atoms with Gasteiger partial charge in [0.05, 0.1) is 6.04 Å². The average Bonchev–Trinajstić information content (AvgIpc) is 2.73. The van der Waals surface area contributed by atoms with Crippen molar-refractivity contribution in [3.8, 4) is 6.07 Å². The van der Waals surface area contributed by atoms with Gasteiger partial charge in [0.25, 0.3) is 0 Å². The largest absolute Gasteiger partial charge is 0.321 e. The van der Waals surface area contributed by atoms with Crippen LogP contribution in [0.3, 0.4) is 0 Å². The third-order valence-corrected chi connectivity index (χ3v) is 8.73. The van der Waals surface area contributed by atoms with Crippen molar-refractivity contribution in [3.05, 3.63) is 91.0 Å². The molecule has 3 rings (SSSR count). The Kier molecular flexibility index (Phi) is 5.72. The van der Waals surface area contributed by atoms with E-state index in [9.17, 15) is 10.1 Å². The van der Waals surface area contributed by atoms with Crippen molar-refractivity contribution < 1.29 is 4.79 Å². The fourth-order valence-electron chi connectivity index (χ4n) is 3.30. The maximum absolute atomic E-state index is 13.1. The molecule has 0 aliphatic rings. The molecule has 0 bridgehead atoms. The molecule has 0 amide bonds. The average molecular weight is 372 g/mol. The van der Waals surface area contributed by atoms with E-state index in [0.29, 0.717) is 0 Å². The molecule has 0 saturated heterocycles. The summed E-state index contributed by atoms with van der Waals surface area (Å²) in [4.78, 5) is 13.1. The standard InChI is InChI=1S/C23H21N2OP/c1-18(25)23(26)22(17-24)27(19-11-5-2-6-12-19,20-13-7-3-8-14-20)21-15-9-4-10-16-21/h2-16,18H,25H2,1H3/t18-/m0/s1. The number of rotatable bonds is 5. The van der Waals surface area contributed by atoms with Gasteiger partial charge in [-0.15, -0.1) is 0 Å². The van der Waals surface area contributed by atoms with E-state index in [2.05, 4.69) is 6.07 Å². The first kappa shape index (κ1) is 18.9. The number of carbonyl (C=O) groups is 1. The quantitative estimate of drug-likeness (QED) is 0.700. The number of nitrogens with zero attached hydrogens (tertiary/aromatic N) is 1. The smallest absolute Gasteiger partial charge is 0.190 e. The molecule has 3 aromatic rings. The molecule has 0 radical (unpaired) electrons. The first-order valence-corrected chi connectivity index (χ1v) is 10.5. The van der Waals surface area contributed by atoms with Gasteiger partial charge in [-0.3, -0.25) is 4.79 Å². The molecule has 0 spiro atoms. The molecule has 134 valence electrons. The maximum Gasteiger partial charge on any atom is 0.190 e. The highest BCUT2D eigenvalue weighted by Crippen LogP contribution is 2.46. The first-order chi connectivity index (χ1) is 13.1. The van der Waals surface area contributed by atoms with Crippen LogP contribution in [0.5, 0.6) is 0 Å². The Bertz CT molecular complexity index is 917. The van der Waals surface area contributed by atoms with Crippen molar-refractivity contribution >= 4 is 33.9 Å². The van der Waals surface area contributed by atoms with Crippen molar-refractivity contribution in [1.29, 1.82) is 5.26 Å². The third-order valence-electron chi connectivity index (χ3n) is 4.52. The molecule has 2 N–H and O–H groups in total. The topological polar surface area (TPSA) is 66.9 Å². The lowest BCUT2D eigenvalue weighted by atomic mass is 10.2. The van der Waals surface area contributed by atoms with Crippen molar-refractivity contribution in [1.82, 2.24) is 0 Å². The van der Waals surface area contributed by atoms with Crippen LogP contribution in [-0.2, 0) is 4.79 Å². The Morgan fingerprint density at radius 1 is 0.815 bits per heavy atom. The zero-order valence-electron chi connectivity index (χ0n) is 15.1. The minimum Gasteiger partial charge on any atom is -0.321 e. The zero-order valence-corrected chi connectivity index (χ0v) is 16.0. The van der Waals surface area contributed by atoms with E-state index < -0.39 is 12.9 Å². The lowest BCUT2D eigenvalue weighted by molar-refractivity contribution is -0.113. The van der Waals surface area contributed by atoms with Gasteiger partial charge in [0.1, 0.15) is 11.4 Å². The number of hydrogen-bond donors (Lipinski definition) is 1. The van der Waals surface area contributed by atoms with Crippen LogP contribution in [0.4, 0.5) is 0 Å². The minimum atomic E-state index is -2.65. The number of benzene rings is 3. The molecule has 0 unspecified atom stereocenters. The van der Waals surface area contributed by atoms with Gasteiger partial charge in [0, 0.05) is 0 Å². The van der Waals surface area contributed by atoms with E-state index in [4.69, 9.17) is 5.73 Å². The van der Waals surface area contributed by atoms with E-state index in [1.54, 1.807) is 6.92 Å². The highest BCUT2D eigenvalue weighted by atomic mass is 31.2. The van der Waals surface area contributed by atoms with Gasteiger partial charge in [-0.05, 0) is 29.7 Å². The van der Waals surface area contributed by atoms with E-state index in [-0.39, 0.29) is 11.1 Å². The monoisotopic (exact) mass is 372 g/mol. The van der Waals surface area contributed by atoms with Crippen molar-refractivity contribution in [2.75, 3.05) is 0 Å². The Balaban J connectivity index is 2.60. The minimum absolute atomic E-state index is 0.237. The molecule has 4 heteroatoms. The molecule has 0 fully saturated rings. The summed E-state index contributed by atoms with van der Waals surface area (Å²) in [5.41, 5.74) is 5.94. The molecule has 0 aromatic heterocycles. The van der Waals surface area contributed by atoms with Crippen molar-refractivity contribution in [2.45, 2.75) is 13.0 Å².